The van der Waals surface area contributed by atoms with Crippen LogP contribution >= 0.6 is 0 Å². The summed E-state index contributed by atoms with van der Waals surface area (Å²) in [6, 6.07) is 2.81. The molecule has 0 saturated heterocycles. The van der Waals surface area contributed by atoms with Gasteiger partial charge in [0, 0.05) is 0 Å². The fraction of sp³-hybridized carbons (Fsp3) is 0.870. The Hall–Kier alpha value is -0.780. The van der Waals surface area contributed by atoms with E-state index in [1.807, 2.05) is 16.7 Å². The second kappa shape index (κ2) is 32.8. The first kappa shape index (κ1) is 43.2. The molecule has 0 atom stereocenters. The number of rotatable bonds is 35. The second-order valence-electron chi connectivity index (χ2n) is 15.2. The SMILES string of the molecule is CCCCCCCCc1cc(CCCCCCCC)c(CCCCCCCC)c(CCCCCCCC)c1CCCCCCCC. The zero-order valence-corrected chi connectivity index (χ0v) is 32.8. The Labute approximate surface area is 292 Å². The van der Waals surface area contributed by atoms with E-state index in [0.717, 1.165) is 0 Å². The average Bonchev–Trinajstić information content (AvgIpc) is 3.06. The lowest BCUT2D eigenvalue weighted by Gasteiger charge is -2.24. The number of hydrogen-bond donors (Lipinski definition) is 0. The Kier molecular flexibility index (Phi) is 30.8. The molecule has 0 aliphatic rings. The van der Waals surface area contributed by atoms with E-state index in [1.54, 1.807) is 11.1 Å². The van der Waals surface area contributed by atoms with Gasteiger partial charge in [0.15, 0.2) is 0 Å². The van der Waals surface area contributed by atoms with Gasteiger partial charge in [-0.05, 0) is 92.0 Å². The third-order valence-corrected chi connectivity index (χ3v) is 10.8. The van der Waals surface area contributed by atoms with Gasteiger partial charge in [-0.2, -0.15) is 0 Å². The van der Waals surface area contributed by atoms with Gasteiger partial charge in [-0.25, -0.2) is 0 Å². The lowest BCUT2D eigenvalue weighted by atomic mass is 9.81. The highest BCUT2D eigenvalue weighted by molar-refractivity contribution is 5.47. The van der Waals surface area contributed by atoms with Gasteiger partial charge < -0.3 is 0 Å². The van der Waals surface area contributed by atoms with Gasteiger partial charge in [-0.1, -0.05) is 201 Å². The molecule has 0 aliphatic carbocycles. The van der Waals surface area contributed by atoms with Crippen molar-refractivity contribution < 1.29 is 0 Å². The highest BCUT2D eigenvalue weighted by atomic mass is 14.2. The van der Waals surface area contributed by atoms with Crippen LogP contribution in [0.15, 0.2) is 6.07 Å². The summed E-state index contributed by atoms with van der Waals surface area (Å²) >= 11 is 0. The highest BCUT2D eigenvalue weighted by Crippen LogP contribution is 2.32. The molecule has 270 valence electrons. The van der Waals surface area contributed by atoms with Gasteiger partial charge in [0.25, 0.3) is 0 Å². The highest BCUT2D eigenvalue weighted by Gasteiger charge is 2.18. The Morgan fingerprint density at radius 2 is 0.457 bits per heavy atom. The van der Waals surface area contributed by atoms with Crippen LogP contribution < -0.4 is 0 Å². The van der Waals surface area contributed by atoms with Crippen LogP contribution in [-0.4, -0.2) is 0 Å². The molecule has 0 spiro atoms. The normalized spacial score (nSPS) is 11.6. The van der Waals surface area contributed by atoms with E-state index >= 15 is 0 Å². The molecule has 46 heavy (non-hydrogen) atoms. The van der Waals surface area contributed by atoms with Crippen molar-refractivity contribution in [2.75, 3.05) is 0 Å². The van der Waals surface area contributed by atoms with Crippen molar-refractivity contribution in [1.29, 1.82) is 0 Å². The predicted molar refractivity (Wildman–Crippen MR) is 212 cm³/mol. The Balaban J connectivity index is 3.31. The summed E-state index contributed by atoms with van der Waals surface area (Å²) in [5.74, 6) is 0. The van der Waals surface area contributed by atoms with Crippen LogP contribution in [0.4, 0.5) is 0 Å². The van der Waals surface area contributed by atoms with Crippen LogP contribution in [0.1, 0.15) is 255 Å². The maximum absolute atomic E-state index is 2.81. The molecule has 1 aromatic rings. The van der Waals surface area contributed by atoms with E-state index in [1.165, 1.54) is 225 Å². The molecule has 0 aliphatic heterocycles. The standard InChI is InChI=1S/C46H86/c1-6-11-16-21-26-31-36-42-41-43(37-32-27-22-17-12-7-2)45(39-34-29-24-19-14-9-4)46(40-35-30-25-20-15-10-5)44(42)38-33-28-23-18-13-8-3/h41H,6-40H2,1-5H3. The zero-order chi connectivity index (χ0) is 33.3. The van der Waals surface area contributed by atoms with Crippen LogP contribution in [0.25, 0.3) is 0 Å². The second-order valence-corrected chi connectivity index (χ2v) is 15.2. The molecule has 1 aromatic carbocycles. The van der Waals surface area contributed by atoms with E-state index < -0.39 is 0 Å². The summed E-state index contributed by atoms with van der Waals surface area (Å²) in [5.41, 5.74) is 9.16. The maximum Gasteiger partial charge on any atom is -0.0273 e. The summed E-state index contributed by atoms with van der Waals surface area (Å²) in [5, 5.41) is 0. The quantitative estimate of drug-likeness (QED) is 0.0649. The predicted octanol–water partition coefficient (Wildman–Crippen LogP) is 16.2. The van der Waals surface area contributed by atoms with Gasteiger partial charge in [0.1, 0.15) is 0 Å². The Morgan fingerprint density at radius 1 is 0.239 bits per heavy atom. The average molecular weight is 639 g/mol. The van der Waals surface area contributed by atoms with E-state index in [-0.39, 0.29) is 0 Å². The van der Waals surface area contributed by atoms with Crippen molar-refractivity contribution in [3.63, 3.8) is 0 Å². The van der Waals surface area contributed by atoms with Gasteiger partial charge in [-0.3, -0.25) is 0 Å². The molecule has 0 unspecified atom stereocenters. The third-order valence-electron chi connectivity index (χ3n) is 10.8. The first-order valence-electron chi connectivity index (χ1n) is 21.9. The van der Waals surface area contributed by atoms with Gasteiger partial charge in [0.2, 0.25) is 0 Å². The van der Waals surface area contributed by atoms with Crippen molar-refractivity contribution in [2.45, 2.75) is 259 Å². The molecule has 0 radical (unpaired) electrons. The molecule has 1 rings (SSSR count). The maximum atomic E-state index is 2.81. The third kappa shape index (κ3) is 22.0. The molecule has 0 heterocycles. The van der Waals surface area contributed by atoms with Crippen LogP contribution in [0.5, 0.6) is 0 Å². The minimum atomic E-state index is 1.33. The summed E-state index contributed by atoms with van der Waals surface area (Å²) in [6.07, 6.45) is 49.1. The fourth-order valence-electron chi connectivity index (χ4n) is 7.76. The largest absolute Gasteiger partial charge is 0.0654 e. The van der Waals surface area contributed by atoms with Crippen molar-refractivity contribution >= 4 is 0 Å². The molecule has 0 bridgehead atoms. The number of unbranched alkanes of at least 4 members (excludes halogenated alkanes) is 25. The number of aryl methyl sites for hydroxylation is 2. The summed E-state index contributed by atoms with van der Waals surface area (Å²) < 4.78 is 0. The minimum Gasteiger partial charge on any atom is -0.0654 e. The molecular weight excluding hydrogens is 553 g/mol. The lowest BCUT2D eigenvalue weighted by Crippen LogP contribution is -2.11. The smallest absolute Gasteiger partial charge is 0.0273 e. The first-order chi connectivity index (χ1) is 22.7. The van der Waals surface area contributed by atoms with Gasteiger partial charge >= 0.3 is 0 Å². The van der Waals surface area contributed by atoms with Crippen LogP contribution in [0.3, 0.4) is 0 Å². The fourth-order valence-corrected chi connectivity index (χ4v) is 7.76. The topological polar surface area (TPSA) is 0 Å². The molecule has 0 saturated carbocycles. The lowest BCUT2D eigenvalue weighted by molar-refractivity contribution is 0.584. The van der Waals surface area contributed by atoms with E-state index in [9.17, 15) is 0 Å². The zero-order valence-electron chi connectivity index (χ0n) is 32.8. The van der Waals surface area contributed by atoms with Gasteiger partial charge in [-0.15, -0.1) is 0 Å². The molecule has 0 heteroatoms. The van der Waals surface area contributed by atoms with Crippen LogP contribution in [0.2, 0.25) is 0 Å². The molecule has 0 N–H and O–H groups in total. The van der Waals surface area contributed by atoms with E-state index in [2.05, 4.69) is 40.7 Å². The molecule has 0 aromatic heterocycles. The van der Waals surface area contributed by atoms with Crippen molar-refractivity contribution in [3.05, 3.63) is 33.9 Å². The summed E-state index contributed by atoms with van der Waals surface area (Å²) in [4.78, 5) is 0. The number of benzene rings is 1. The first-order valence-corrected chi connectivity index (χ1v) is 21.9. The van der Waals surface area contributed by atoms with Gasteiger partial charge in [0.05, 0.1) is 0 Å². The molecule has 0 nitrogen and oxygen atoms in total. The molecule has 0 amide bonds. The summed E-state index contributed by atoms with van der Waals surface area (Å²) in [7, 11) is 0. The van der Waals surface area contributed by atoms with Crippen molar-refractivity contribution in [3.8, 4) is 0 Å². The van der Waals surface area contributed by atoms with Crippen molar-refractivity contribution in [1.82, 2.24) is 0 Å². The monoisotopic (exact) mass is 639 g/mol. The molecule has 0 fully saturated rings. The Morgan fingerprint density at radius 3 is 0.739 bits per heavy atom. The van der Waals surface area contributed by atoms with E-state index in [0.29, 0.717) is 0 Å². The summed E-state index contributed by atoms with van der Waals surface area (Å²) in [6.45, 7) is 11.7. The minimum absolute atomic E-state index is 1.33. The Bertz CT molecular complexity index is 718. The van der Waals surface area contributed by atoms with E-state index in [4.69, 9.17) is 0 Å². The molecular formula is C46H86. The van der Waals surface area contributed by atoms with Crippen LogP contribution in [-0.2, 0) is 32.1 Å². The van der Waals surface area contributed by atoms with Crippen molar-refractivity contribution in [2.24, 2.45) is 0 Å². The number of hydrogen-bond acceptors (Lipinski definition) is 0. The van der Waals surface area contributed by atoms with Crippen LogP contribution in [0, 0.1) is 0 Å².